The SMILES string of the molecule is FC(F)(Br)C(F)(F)C(F)(F)c1nnnc(C(F)(F)C(F)(F)C(F)(F)Br)c1C(F)(F)C(F)(F)C(F)(F)Br. The van der Waals surface area contributed by atoms with Crippen LogP contribution < -0.4 is 0 Å². The minimum atomic E-state index is -7.49. The average molecular weight is 768 g/mol. The summed E-state index contributed by atoms with van der Waals surface area (Å²) in [7, 11) is 0. The number of hydrogen-bond acceptors (Lipinski definition) is 3. The molecule has 0 atom stereocenters. The molecule has 0 aromatic carbocycles. The second kappa shape index (κ2) is 8.86. The lowest BCUT2D eigenvalue weighted by Crippen LogP contribution is -2.56. The Morgan fingerprint density at radius 1 is 0.389 bits per heavy atom. The minimum absolute atomic E-state index is 0.580. The molecule has 1 rings (SSSR count). The van der Waals surface area contributed by atoms with Crippen LogP contribution in [0, 0.1) is 0 Å². The van der Waals surface area contributed by atoms with Crippen molar-refractivity contribution < 1.29 is 79.0 Å². The highest BCUT2D eigenvalue weighted by atomic mass is 79.9. The fourth-order valence-electron chi connectivity index (χ4n) is 2.05. The third-order valence-corrected chi connectivity index (χ3v) is 5.42. The molecular weight excluding hydrogens is 768 g/mol. The Morgan fingerprint density at radius 3 is 0.833 bits per heavy atom. The van der Waals surface area contributed by atoms with Gasteiger partial charge in [-0.3, -0.25) is 0 Å². The lowest BCUT2D eigenvalue weighted by Gasteiger charge is -2.36. The van der Waals surface area contributed by atoms with Crippen molar-refractivity contribution in [2.24, 2.45) is 0 Å². The standard InChI is InChI=1S/C12Br3F18N3/c13-10(28,29)7(22,23)4(16,17)1-2(5(18,19)8(24,25)11(14,30)31)34-36-35-3(1)6(20,21)9(26,27)12(15,32)33. The maximum atomic E-state index is 14.5. The van der Waals surface area contributed by atoms with E-state index in [1.807, 2.05) is 0 Å². The molecule has 0 aliphatic carbocycles. The van der Waals surface area contributed by atoms with E-state index in [1.54, 1.807) is 5.21 Å². The fraction of sp³-hybridized carbons (Fsp3) is 0.750. The van der Waals surface area contributed by atoms with Gasteiger partial charge in [0, 0.05) is 0 Å². The first kappa shape index (κ1) is 33.2. The maximum absolute atomic E-state index is 14.5. The zero-order chi connectivity index (χ0) is 29.4. The van der Waals surface area contributed by atoms with Gasteiger partial charge in [-0.2, -0.15) is 79.0 Å². The zero-order valence-electron chi connectivity index (χ0n) is 15.3. The third kappa shape index (κ3) is 4.74. The van der Waals surface area contributed by atoms with Crippen molar-refractivity contribution in [3.63, 3.8) is 0 Å². The van der Waals surface area contributed by atoms with Gasteiger partial charge in [0.25, 0.3) is 0 Å². The van der Waals surface area contributed by atoms with Crippen molar-refractivity contribution in [1.29, 1.82) is 0 Å². The van der Waals surface area contributed by atoms with Crippen LogP contribution >= 0.6 is 47.8 Å². The summed E-state index contributed by atoms with van der Waals surface area (Å²) in [5.74, 6) is -43.6. The Bertz CT molecular complexity index is 924. The molecule has 0 bridgehead atoms. The minimum Gasteiger partial charge on any atom is -0.194 e. The highest BCUT2D eigenvalue weighted by Gasteiger charge is 2.80. The van der Waals surface area contributed by atoms with Crippen LogP contribution in [0.3, 0.4) is 0 Å². The van der Waals surface area contributed by atoms with Gasteiger partial charge >= 0.3 is 50.0 Å². The van der Waals surface area contributed by atoms with Crippen LogP contribution in [0.25, 0.3) is 0 Å². The number of hydrogen-bond donors (Lipinski definition) is 0. The summed E-state index contributed by atoms with van der Waals surface area (Å²) >= 11 is 1.84. The van der Waals surface area contributed by atoms with Crippen LogP contribution in [0.4, 0.5) is 79.0 Å². The van der Waals surface area contributed by atoms with Crippen molar-refractivity contribution in [3.8, 4) is 0 Å². The van der Waals surface area contributed by atoms with Crippen molar-refractivity contribution in [2.45, 2.75) is 50.0 Å². The molecule has 0 radical (unpaired) electrons. The zero-order valence-corrected chi connectivity index (χ0v) is 20.0. The molecule has 0 N–H and O–H groups in total. The van der Waals surface area contributed by atoms with Gasteiger partial charge in [-0.25, -0.2) is 0 Å². The first-order valence-electron chi connectivity index (χ1n) is 7.57. The van der Waals surface area contributed by atoms with Crippen molar-refractivity contribution >= 4 is 47.8 Å². The van der Waals surface area contributed by atoms with E-state index in [1.165, 1.54) is 10.2 Å². The van der Waals surface area contributed by atoms with Gasteiger partial charge in [0.15, 0.2) is 11.4 Å². The molecule has 0 saturated carbocycles. The molecule has 0 aliphatic heterocycles. The van der Waals surface area contributed by atoms with E-state index in [0.717, 1.165) is 0 Å². The summed E-state index contributed by atoms with van der Waals surface area (Å²) in [6.45, 7) is 0. The number of alkyl halides is 21. The number of rotatable bonds is 9. The molecule has 210 valence electrons. The van der Waals surface area contributed by atoms with Crippen LogP contribution in [0.1, 0.15) is 17.0 Å². The maximum Gasteiger partial charge on any atom is 0.388 e. The molecule has 0 spiro atoms. The molecule has 24 heteroatoms. The van der Waals surface area contributed by atoms with E-state index < -0.39 is 67.0 Å². The second-order valence-corrected chi connectivity index (χ2v) is 9.29. The Morgan fingerprint density at radius 2 is 0.611 bits per heavy atom. The fourth-order valence-corrected chi connectivity index (χ4v) is 2.80. The van der Waals surface area contributed by atoms with Crippen LogP contribution in [0.5, 0.6) is 0 Å². The van der Waals surface area contributed by atoms with Gasteiger partial charge in [-0.05, 0) is 53.0 Å². The predicted molar refractivity (Wildman–Crippen MR) is 88.0 cm³/mol. The van der Waals surface area contributed by atoms with E-state index in [-0.39, 0.29) is 0 Å². The molecule has 36 heavy (non-hydrogen) atoms. The summed E-state index contributed by atoms with van der Waals surface area (Å²) in [4.78, 5) is -18.9. The van der Waals surface area contributed by atoms with E-state index in [9.17, 15) is 79.0 Å². The van der Waals surface area contributed by atoms with Gasteiger partial charge in [0.05, 0.1) is 5.56 Å². The molecular formula is C12Br3F18N3. The van der Waals surface area contributed by atoms with E-state index in [0.29, 0.717) is 47.8 Å². The molecule has 0 unspecified atom stereocenters. The van der Waals surface area contributed by atoms with Gasteiger partial charge in [-0.15, -0.1) is 10.2 Å². The Hall–Kier alpha value is -0.810. The van der Waals surface area contributed by atoms with Crippen LogP contribution in [0.2, 0.25) is 0 Å². The summed E-state index contributed by atoms with van der Waals surface area (Å²) < 4.78 is 246. The van der Waals surface area contributed by atoms with Crippen molar-refractivity contribution in [2.75, 3.05) is 0 Å². The molecule has 0 amide bonds. The Kier molecular flexibility index (Phi) is 8.18. The van der Waals surface area contributed by atoms with Crippen molar-refractivity contribution in [1.82, 2.24) is 15.4 Å². The smallest absolute Gasteiger partial charge is 0.194 e. The van der Waals surface area contributed by atoms with Crippen LogP contribution in [0.15, 0.2) is 0 Å². The summed E-state index contributed by atoms with van der Waals surface area (Å²) in [5.41, 5.74) is -12.8. The topological polar surface area (TPSA) is 38.7 Å². The van der Waals surface area contributed by atoms with Gasteiger partial charge in [-0.1, -0.05) is 0 Å². The average Bonchev–Trinajstić information content (AvgIpc) is 2.64. The molecule has 0 fully saturated rings. The molecule has 0 aliphatic rings. The van der Waals surface area contributed by atoms with Gasteiger partial charge in [0.2, 0.25) is 0 Å². The number of nitrogens with zero attached hydrogens (tertiary/aromatic N) is 3. The third-order valence-electron chi connectivity index (χ3n) is 3.92. The normalized spacial score (nSPS) is 15.9. The molecule has 0 saturated heterocycles. The Labute approximate surface area is 209 Å². The monoisotopic (exact) mass is 765 g/mol. The van der Waals surface area contributed by atoms with E-state index in [4.69, 9.17) is 0 Å². The molecule has 1 heterocycles. The van der Waals surface area contributed by atoms with Gasteiger partial charge in [0.1, 0.15) is 0 Å². The summed E-state index contributed by atoms with van der Waals surface area (Å²) in [6, 6.07) is 0. The van der Waals surface area contributed by atoms with E-state index in [2.05, 4.69) is 0 Å². The summed E-state index contributed by atoms with van der Waals surface area (Å²) in [6.07, 6.45) is 0. The predicted octanol–water partition coefficient (Wildman–Crippen LogP) is 8.02. The lowest BCUT2D eigenvalue weighted by molar-refractivity contribution is -0.300. The second-order valence-electron chi connectivity index (χ2n) is 6.30. The highest BCUT2D eigenvalue weighted by Crippen LogP contribution is 2.62. The summed E-state index contributed by atoms with van der Waals surface area (Å²) in [5, 5.41) is 4.63. The van der Waals surface area contributed by atoms with Crippen LogP contribution in [-0.2, 0) is 17.8 Å². The number of halogens is 21. The molecule has 1 aromatic rings. The molecule has 1 aromatic heterocycles. The first-order valence-corrected chi connectivity index (χ1v) is 9.94. The quantitative estimate of drug-likeness (QED) is 0.189. The lowest BCUT2D eigenvalue weighted by atomic mass is 9.90. The van der Waals surface area contributed by atoms with Crippen LogP contribution in [-0.4, -0.2) is 47.7 Å². The first-order chi connectivity index (χ1) is 15.3. The Balaban J connectivity index is 4.41. The van der Waals surface area contributed by atoms with Crippen molar-refractivity contribution in [3.05, 3.63) is 17.0 Å². The highest BCUT2D eigenvalue weighted by molar-refractivity contribution is 9.10. The van der Waals surface area contributed by atoms with Gasteiger partial charge < -0.3 is 0 Å². The number of aromatic nitrogens is 3. The van der Waals surface area contributed by atoms with E-state index >= 15 is 0 Å². The molecule has 3 nitrogen and oxygen atoms in total. The largest absolute Gasteiger partial charge is 0.388 e.